The molecule has 3 nitrogen and oxygen atoms in total. The molecule has 116 valence electrons. The predicted molar refractivity (Wildman–Crippen MR) is 88.8 cm³/mol. The molecule has 0 saturated heterocycles. The van der Waals surface area contributed by atoms with Gasteiger partial charge in [0.1, 0.15) is 19.3 Å². The van der Waals surface area contributed by atoms with E-state index in [1.807, 2.05) is 6.34 Å². The zero-order chi connectivity index (χ0) is 14.7. The SMILES string of the molecule is CCCCCCCCCC=CC[N+]1(C(C)N)C=NCC1. The maximum Gasteiger partial charge on any atom is 0.187 e. The van der Waals surface area contributed by atoms with Crippen molar-refractivity contribution in [3.8, 4) is 0 Å². The summed E-state index contributed by atoms with van der Waals surface area (Å²) in [7, 11) is 0. The normalized spacial score (nSPS) is 23.8. The highest BCUT2D eigenvalue weighted by Gasteiger charge is 2.31. The first-order chi connectivity index (χ1) is 9.71. The lowest BCUT2D eigenvalue weighted by molar-refractivity contribution is -0.846. The fourth-order valence-corrected chi connectivity index (χ4v) is 2.74. The summed E-state index contributed by atoms with van der Waals surface area (Å²) in [6, 6.07) is 0. The maximum absolute atomic E-state index is 6.10. The average molecular weight is 280 g/mol. The summed E-state index contributed by atoms with van der Waals surface area (Å²) in [4.78, 5) is 4.36. The Morgan fingerprint density at radius 1 is 1.15 bits per heavy atom. The summed E-state index contributed by atoms with van der Waals surface area (Å²) in [5.74, 6) is 0. The van der Waals surface area contributed by atoms with Gasteiger partial charge in [-0.25, -0.2) is 4.99 Å². The summed E-state index contributed by atoms with van der Waals surface area (Å²) >= 11 is 0. The van der Waals surface area contributed by atoms with Gasteiger partial charge in [-0.3, -0.25) is 10.2 Å². The summed E-state index contributed by atoms with van der Waals surface area (Å²) in [5, 5.41) is 0. The van der Waals surface area contributed by atoms with Crippen LogP contribution in [0.4, 0.5) is 0 Å². The molecule has 0 amide bonds. The van der Waals surface area contributed by atoms with E-state index in [9.17, 15) is 0 Å². The minimum atomic E-state index is 0.143. The Balaban J connectivity index is 2.05. The summed E-state index contributed by atoms with van der Waals surface area (Å²) in [6.07, 6.45) is 17.7. The maximum atomic E-state index is 6.10. The molecule has 0 aliphatic carbocycles. The number of rotatable bonds is 11. The van der Waals surface area contributed by atoms with Crippen LogP contribution in [0, 0.1) is 0 Å². The van der Waals surface area contributed by atoms with Crippen molar-refractivity contribution in [3.05, 3.63) is 12.2 Å². The van der Waals surface area contributed by atoms with E-state index in [0.29, 0.717) is 0 Å². The lowest BCUT2D eigenvalue weighted by Gasteiger charge is -2.32. The summed E-state index contributed by atoms with van der Waals surface area (Å²) in [5.41, 5.74) is 6.10. The molecule has 0 fully saturated rings. The van der Waals surface area contributed by atoms with Gasteiger partial charge in [0.05, 0.1) is 6.54 Å². The second-order valence-electron chi connectivity index (χ2n) is 6.15. The van der Waals surface area contributed by atoms with Crippen LogP contribution in [0.5, 0.6) is 0 Å². The van der Waals surface area contributed by atoms with E-state index in [2.05, 4.69) is 31.0 Å². The van der Waals surface area contributed by atoms with E-state index in [4.69, 9.17) is 5.73 Å². The number of nitrogens with two attached hydrogens (primary N) is 1. The van der Waals surface area contributed by atoms with E-state index in [0.717, 1.165) is 24.1 Å². The Labute approximate surface area is 125 Å². The highest BCUT2D eigenvalue weighted by atomic mass is 15.4. The second kappa shape index (κ2) is 10.1. The van der Waals surface area contributed by atoms with E-state index in [1.165, 1.54) is 51.4 Å². The molecule has 2 unspecified atom stereocenters. The van der Waals surface area contributed by atoms with Crippen LogP contribution in [0.3, 0.4) is 0 Å². The molecule has 0 spiro atoms. The van der Waals surface area contributed by atoms with Crippen molar-refractivity contribution in [2.24, 2.45) is 10.7 Å². The number of hydrogen-bond acceptors (Lipinski definition) is 2. The first kappa shape index (κ1) is 17.4. The van der Waals surface area contributed by atoms with Crippen molar-refractivity contribution in [3.63, 3.8) is 0 Å². The quantitative estimate of drug-likeness (QED) is 0.348. The van der Waals surface area contributed by atoms with Crippen LogP contribution in [-0.4, -0.2) is 36.6 Å². The predicted octanol–water partition coefficient (Wildman–Crippen LogP) is 3.85. The Morgan fingerprint density at radius 3 is 2.45 bits per heavy atom. The largest absolute Gasteiger partial charge is 0.281 e. The van der Waals surface area contributed by atoms with Gasteiger partial charge in [0.15, 0.2) is 6.34 Å². The van der Waals surface area contributed by atoms with Crippen LogP contribution in [0.2, 0.25) is 0 Å². The molecule has 0 saturated carbocycles. The molecule has 1 heterocycles. The first-order valence-electron chi connectivity index (χ1n) is 8.49. The third-order valence-corrected chi connectivity index (χ3v) is 4.35. The van der Waals surface area contributed by atoms with Crippen LogP contribution in [0.25, 0.3) is 0 Å². The molecule has 0 bridgehead atoms. The van der Waals surface area contributed by atoms with Crippen molar-refractivity contribution in [1.29, 1.82) is 0 Å². The van der Waals surface area contributed by atoms with Gasteiger partial charge < -0.3 is 0 Å². The monoisotopic (exact) mass is 280 g/mol. The molecule has 0 aromatic carbocycles. The van der Waals surface area contributed by atoms with E-state index >= 15 is 0 Å². The fraction of sp³-hybridized carbons (Fsp3) is 0.824. The lowest BCUT2D eigenvalue weighted by Crippen LogP contribution is -2.56. The fourth-order valence-electron chi connectivity index (χ4n) is 2.74. The molecule has 1 rings (SSSR count). The standard InChI is InChI=1S/C17H34N3/c1-3-4-5-6-7-8-9-10-11-12-14-20(17(2)18)15-13-19-16-20/h11-12,16-17H,3-10,13-15,18H2,1-2H3/q+1. The highest BCUT2D eigenvalue weighted by molar-refractivity contribution is 5.48. The molecule has 1 aliphatic rings. The van der Waals surface area contributed by atoms with Crippen molar-refractivity contribution in [2.45, 2.75) is 71.4 Å². The molecule has 2 N–H and O–H groups in total. The van der Waals surface area contributed by atoms with Crippen LogP contribution < -0.4 is 5.73 Å². The topological polar surface area (TPSA) is 38.4 Å². The molecule has 20 heavy (non-hydrogen) atoms. The molecule has 0 aromatic heterocycles. The number of quaternary nitrogens is 1. The van der Waals surface area contributed by atoms with Gasteiger partial charge in [-0.15, -0.1) is 0 Å². The highest BCUT2D eigenvalue weighted by Crippen LogP contribution is 2.13. The van der Waals surface area contributed by atoms with Crippen LogP contribution in [-0.2, 0) is 0 Å². The lowest BCUT2D eigenvalue weighted by atomic mass is 10.1. The van der Waals surface area contributed by atoms with Crippen molar-refractivity contribution in [1.82, 2.24) is 0 Å². The smallest absolute Gasteiger partial charge is 0.187 e. The summed E-state index contributed by atoms with van der Waals surface area (Å²) in [6.45, 7) is 7.33. The van der Waals surface area contributed by atoms with Gasteiger partial charge in [-0.05, 0) is 18.9 Å². The Kier molecular flexibility index (Phi) is 8.79. The van der Waals surface area contributed by atoms with Gasteiger partial charge in [-0.2, -0.15) is 0 Å². The minimum absolute atomic E-state index is 0.143. The van der Waals surface area contributed by atoms with Gasteiger partial charge in [0.25, 0.3) is 0 Å². The Bertz CT molecular complexity index is 297. The van der Waals surface area contributed by atoms with Crippen molar-refractivity contribution < 1.29 is 4.48 Å². The molecule has 2 atom stereocenters. The average Bonchev–Trinajstić information content (AvgIpc) is 2.91. The number of allylic oxidation sites excluding steroid dienone is 1. The zero-order valence-corrected chi connectivity index (χ0v) is 13.6. The molecular formula is C17H34N3+. The molecular weight excluding hydrogens is 246 g/mol. The van der Waals surface area contributed by atoms with E-state index in [1.54, 1.807) is 0 Å². The van der Waals surface area contributed by atoms with Crippen molar-refractivity contribution >= 4 is 6.34 Å². The number of hydrogen-bond donors (Lipinski definition) is 1. The third kappa shape index (κ3) is 6.19. The van der Waals surface area contributed by atoms with Gasteiger partial charge in [0, 0.05) is 6.92 Å². The number of unbranched alkanes of at least 4 members (excludes halogenated alkanes) is 7. The Hall–Kier alpha value is -0.670. The summed E-state index contributed by atoms with van der Waals surface area (Å²) < 4.78 is 0.827. The van der Waals surface area contributed by atoms with E-state index in [-0.39, 0.29) is 6.17 Å². The molecule has 0 radical (unpaired) electrons. The van der Waals surface area contributed by atoms with Gasteiger partial charge in [-0.1, -0.05) is 51.5 Å². The van der Waals surface area contributed by atoms with Gasteiger partial charge >= 0.3 is 0 Å². The van der Waals surface area contributed by atoms with Crippen LogP contribution in [0.15, 0.2) is 17.1 Å². The van der Waals surface area contributed by atoms with E-state index < -0.39 is 0 Å². The minimum Gasteiger partial charge on any atom is -0.281 e. The molecule has 1 aliphatic heterocycles. The zero-order valence-electron chi connectivity index (χ0n) is 13.6. The number of nitrogens with zero attached hydrogens (tertiary/aromatic N) is 2. The Morgan fingerprint density at radius 2 is 1.85 bits per heavy atom. The van der Waals surface area contributed by atoms with Crippen molar-refractivity contribution in [2.75, 3.05) is 19.6 Å². The molecule has 0 aromatic rings. The van der Waals surface area contributed by atoms with Gasteiger partial charge in [0.2, 0.25) is 0 Å². The third-order valence-electron chi connectivity index (χ3n) is 4.35. The first-order valence-corrected chi connectivity index (χ1v) is 8.49. The van der Waals surface area contributed by atoms with Crippen LogP contribution >= 0.6 is 0 Å². The van der Waals surface area contributed by atoms with Crippen LogP contribution in [0.1, 0.15) is 65.2 Å². The number of aliphatic imine (C=N–C) groups is 1. The molecule has 3 heteroatoms. The second-order valence-corrected chi connectivity index (χ2v) is 6.15.